The predicted octanol–water partition coefficient (Wildman–Crippen LogP) is 3.73. The van der Waals surface area contributed by atoms with E-state index in [9.17, 15) is 0 Å². The zero-order valence-electron chi connectivity index (χ0n) is 12.6. The lowest BCUT2D eigenvalue weighted by atomic mass is 9.69. The van der Waals surface area contributed by atoms with E-state index in [0.29, 0.717) is 5.89 Å². The Hall–Kier alpha value is -1.68. The second-order valence-corrected chi connectivity index (χ2v) is 5.98. The highest BCUT2D eigenvalue weighted by molar-refractivity contribution is 5.33. The first-order valence-electron chi connectivity index (χ1n) is 7.91. The number of rotatable bonds is 4. The molecule has 0 saturated heterocycles. The van der Waals surface area contributed by atoms with Gasteiger partial charge in [-0.15, -0.1) is 0 Å². The van der Waals surface area contributed by atoms with Gasteiger partial charge in [-0.05, 0) is 24.8 Å². The lowest BCUT2D eigenvalue weighted by Gasteiger charge is -2.35. The van der Waals surface area contributed by atoms with Crippen molar-refractivity contribution in [2.75, 3.05) is 0 Å². The molecular formula is C17H23N3O. The van der Waals surface area contributed by atoms with Crippen LogP contribution in [0.25, 0.3) is 0 Å². The Morgan fingerprint density at radius 3 is 2.57 bits per heavy atom. The van der Waals surface area contributed by atoms with Gasteiger partial charge in [0.2, 0.25) is 5.89 Å². The molecule has 0 aliphatic heterocycles. The Kier molecular flexibility index (Phi) is 4.06. The van der Waals surface area contributed by atoms with Gasteiger partial charge in [-0.1, -0.05) is 61.7 Å². The molecule has 1 saturated carbocycles. The molecule has 1 fully saturated rings. The van der Waals surface area contributed by atoms with Crippen molar-refractivity contribution in [1.82, 2.24) is 10.1 Å². The van der Waals surface area contributed by atoms with Crippen LogP contribution < -0.4 is 5.73 Å². The van der Waals surface area contributed by atoms with Gasteiger partial charge in [-0.25, -0.2) is 0 Å². The fraction of sp³-hybridized carbons (Fsp3) is 0.529. The Morgan fingerprint density at radius 1 is 1.19 bits per heavy atom. The fourth-order valence-corrected chi connectivity index (χ4v) is 3.31. The fourth-order valence-electron chi connectivity index (χ4n) is 3.31. The molecule has 1 aromatic carbocycles. The van der Waals surface area contributed by atoms with Gasteiger partial charge in [0.05, 0.1) is 11.5 Å². The van der Waals surface area contributed by atoms with Gasteiger partial charge in [-0.3, -0.25) is 0 Å². The summed E-state index contributed by atoms with van der Waals surface area (Å²) in [7, 11) is 0. The monoisotopic (exact) mass is 285 g/mol. The molecule has 0 unspecified atom stereocenters. The van der Waals surface area contributed by atoms with Crippen LogP contribution in [0, 0.1) is 0 Å². The molecule has 1 atom stereocenters. The van der Waals surface area contributed by atoms with Crippen LogP contribution in [0.2, 0.25) is 0 Å². The highest BCUT2D eigenvalue weighted by Gasteiger charge is 2.40. The molecule has 1 aliphatic carbocycles. The van der Waals surface area contributed by atoms with Crippen LogP contribution >= 0.6 is 0 Å². The molecule has 0 amide bonds. The van der Waals surface area contributed by atoms with Crippen LogP contribution in [0.4, 0.5) is 0 Å². The average molecular weight is 285 g/mol. The van der Waals surface area contributed by atoms with Crippen molar-refractivity contribution >= 4 is 0 Å². The Labute approximate surface area is 125 Å². The molecule has 0 radical (unpaired) electrons. The highest BCUT2D eigenvalue weighted by atomic mass is 16.5. The van der Waals surface area contributed by atoms with Crippen molar-refractivity contribution in [3.05, 3.63) is 47.6 Å². The number of benzene rings is 1. The second-order valence-electron chi connectivity index (χ2n) is 5.98. The van der Waals surface area contributed by atoms with Crippen molar-refractivity contribution in [2.24, 2.45) is 5.73 Å². The zero-order chi connectivity index (χ0) is 14.7. The van der Waals surface area contributed by atoms with Crippen LogP contribution in [0.15, 0.2) is 34.9 Å². The van der Waals surface area contributed by atoms with E-state index in [1.807, 2.05) is 6.92 Å². The molecule has 3 rings (SSSR count). The smallest absolute Gasteiger partial charge is 0.243 e. The van der Waals surface area contributed by atoms with Crippen molar-refractivity contribution in [3.63, 3.8) is 0 Å². The number of nitrogens with zero attached hydrogens (tertiary/aromatic N) is 2. The van der Waals surface area contributed by atoms with Gasteiger partial charge < -0.3 is 10.3 Å². The number of hydrogen-bond donors (Lipinski definition) is 1. The van der Waals surface area contributed by atoms with Gasteiger partial charge in [0.15, 0.2) is 5.82 Å². The molecule has 1 heterocycles. The lowest BCUT2D eigenvalue weighted by molar-refractivity contribution is 0.304. The van der Waals surface area contributed by atoms with E-state index in [1.165, 1.54) is 24.8 Å². The van der Waals surface area contributed by atoms with Crippen LogP contribution in [-0.2, 0) is 5.41 Å². The number of hydrogen-bond acceptors (Lipinski definition) is 4. The highest BCUT2D eigenvalue weighted by Crippen LogP contribution is 2.43. The Morgan fingerprint density at radius 2 is 1.90 bits per heavy atom. The zero-order valence-corrected chi connectivity index (χ0v) is 12.6. The normalized spacial score (nSPS) is 19.3. The molecular weight excluding hydrogens is 262 g/mol. The summed E-state index contributed by atoms with van der Waals surface area (Å²) in [5.41, 5.74) is 7.21. The Balaban J connectivity index is 2.02. The minimum atomic E-state index is -0.164. The van der Waals surface area contributed by atoms with Gasteiger partial charge >= 0.3 is 0 Å². The third-order valence-corrected chi connectivity index (χ3v) is 4.66. The van der Waals surface area contributed by atoms with E-state index < -0.39 is 0 Å². The summed E-state index contributed by atoms with van der Waals surface area (Å²) in [5, 5.41) is 4.29. The number of aromatic nitrogens is 2. The van der Waals surface area contributed by atoms with Crippen LogP contribution in [-0.4, -0.2) is 10.1 Å². The summed E-state index contributed by atoms with van der Waals surface area (Å²) in [6.45, 7) is 2.03. The first-order chi connectivity index (χ1) is 10.3. The van der Waals surface area contributed by atoms with Crippen LogP contribution in [0.1, 0.15) is 68.8 Å². The van der Waals surface area contributed by atoms with E-state index in [4.69, 9.17) is 10.3 Å². The third kappa shape index (κ3) is 2.60. The maximum Gasteiger partial charge on any atom is 0.243 e. The van der Waals surface area contributed by atoms with E-state index in [1.54, 1.807) is 0 Å². The molecule has 0 spiro atoms. The van der Waals surface area contributed by atoms with Gasteiger partial charge in [0.1, 0.15) is 0 Å². The van der Waals surface area contributed by atoms with Crippen molar-refractivity contribution in [3.8, 4) is 0 Å². The molecule has 4 nitrogen and oxygen atoms in total. The van der Waals surface area contributed by atoms with Gasteiger partial charge in [-0.2, -0.15) is 4.98 Å². The topological polar surface area (TPSA) is 64.9 Å². The standard InChI is InChI=1S/C17H23N3O/c1-2-14(18)15-19-16(20-21-15)17(11-7-4-8-12-17)13-9-5-3-6-10-13/h3,5-6,9-10,14H,2,4,7-8,11-12,18H2,1H3/t14-/m1/s1. The molecule has 4 heteroatoms. The largest absolute Gasteiger partial charge is 0.338 e. The lowest BCUT2D eigenvalue weighted by Crippen LogP contribution is -2.31. The van der Waals surface area contributed by atoms with E-state index in [-0.39, 0.29) is 11.5 Å². The number of nitrogens with two attached hydrogens (primary N) is 1. The van der Waals surface area contributed by atoms with Crippen LogP contribution in [0.3, 0.4) is 0 Å². The maximum atomic E-state index is 6.02. The molecule has 1 aliphatic rings. The molecule has 112 valence electrons. The maximum absolute atomic E-state index is 6.02. The first-order valence-corrected chi connectivity index (χ1v) is 7.91. The molecule has 0 bridgehead atoms. The molecule has 2 aromatic rings. The predicted molar refractivity (Wildman–Crippen MR) is 81.8 cm³/mol. The van der Waals surface area contributed by atoms with Crippen molar-refractivity contribution < 1.29 is 4.52 Å². The summed E-state index contributed by atoms with van der Waals surface area (Å²) >= 11 is 0. The molecule has 1 aromatic heterocycles. The quantitative estimate of drug-likeness (QED) is 0.929. The van der Waals surface area contributed by atoms with Crippen molar-refractivity contribution in [2.45, 2.75) is 56.9 Å². The second kappa shape index (κ2) is 5.98. The average Bonchev–Trinajstić information content (AvgIpc) is 3.06. The van der Waals surface area contributed by atoms with E-state index in [0.717, 1.165) is 25.1 Å². The third-order valence-electron chi connectivity index (χ3n) is 4.66. The van der Waals surface area contributed by atoms with Crippen molar-refractivity contribution in [1.29, 1.82) is 0 Å². The van der Waals surface area contributed by atoms with E-state index >= 15 is 0 Å². The van der Waals surface area contributed by atoms with Gasteiger partial charge in [0, 0.05) is 0 Å². The summed E-state index contributed by atoms with van der Waals surface area (Å²) in [4.78, 5) is 4.65. The van der Waals surface area contributed by atoms with Gasteiger partial charge in [0.25, 0.3) is 0 Å². The first kappa shape index (κ1) is 14.3. The summed E-state index contributed by atoms with van der Waals surface area (Å²) in [6.07, 6.45) is 6.67. The minimum Gasteiger partial charge on any atom is -0.338 e. The summed E-state index contributed by atoms with van der Waals surface area (Å²) in [6, 6.07) is 10.4. The Bertz CT molecular complexity index is 573. The summed E-state index contributed by atoms with van der Waals surface area (Å²) in [5.74, 6) is 1.38. The summed E-state index contributed by atoms with van der Waals surface area (Å²) < 4.78 is 5.43. The molecule has 21 heavy (non-hydrogen) atoms. The SMILES string of the molecule is CC[C@@H](N)c1nc(C2(c3ccccc3)CCCCC2)no1. The minimum absolute atomic E-state index is 0.102. The molecule has 2 N–H and O–H groups in total. The van der Waals surface area contributed by atoms with E-state index in [2.05, 4.69) is 40.5 Å². The van der Waals surface area contributed by atoms with Crippen LogP contribution in [0.5, 0.6) is 0 Å².